The number of rotatable bonds is 53. The number of ether oxygens (including phenoxy) is 12. The van der Waals surface area contributed by atoms with E-state index in [2.05, 4.69) is 25.1 Å². The fourth-order valence-corrected chi connectivity index (χ4v) is 10.9. The van der Waals surface area contributed by atoms with Crippen LogP contribution in [0, 0.1) is 28.6 Å². The second kappa shape index (κ2) is 49.9. The molecule has 1 aliphatic carbocycles. The molecule has 0 radical (unpaired) electrons. The number of aldehydes is 1. The van der Waals surface area contributed by atoms with Crippen LogP contribution in [0.2, 0.25) is 0 Å². The Hall–Kier alpha value is -3.93. The number of nitrogens with zero attached hydrogens (tertiary/aromatic N) is 2. The van der Waals surface area contributed by atoms with E-state index in [1.807, 2.05) is 51.2 Å². The van der Waals surface area contributed by atoms with Gasteiger partial charge in [-0.15, -0.1) is 0 Å². The molecule has 86 heavy (non-hydrogen) atoms. The molecular formula is C66H110N2O18. The molecule has 1 amide bonds. The number of piperidine rings is 1. The SMILES string of the molecule is COC(CC1CCCC(C(=O)C(=O)N2CCCCC2)O1)/C(C)=C/C=C/C=C/C(C)CC(C)C(=O)CC(N=O)/C(C)=C/C(C)CCC(CCC1CCC(OCCOCCOCCOCCOCCOCCOCCOCCOCCC=O)CC1)OC=O. The van der Waals surface area contributed by atoms with Crippen molar-refractivity contribution in [3.05, 3.63) is 52.5 Å². The summed E-state index contributed by atoms with van der Waals surface area (Å²) < 4.78 is 67.6. The molecule has 2 heterocycles. The number of ketones is 2. The van der Waals surface area contributed by atoms with Crippen LogP contribution in [0.1, 0.15) is 150 Å². The molecule has 0 aromatic carbocycles. The Kier molecular flexibility index (Phi) is 44.3. The van der Waals surface area contributed by atoms with Crippen LogP contribution in [0.4, 0.5) is 0 Å². The third-order valence-electron chi connectivity index (χ3n) is 16.1. The molecule has 0 aromatic rings. The molecule has 20 nitrogen and oxygen atoms in total. The van der Waals surface area contributed by atoms with Crippen LogP contribution in [-0.2, 0) is 80.8 Å². The minimum Gasteiger partial charge on any atom is -0.465 e. The Morgan fingerprint density at radius 3 is 1.74 bits per heavy atom. The van der Waals surface area contributed by atoms with Crippen LogP contribution in [0.15, 0.2) is 52.8 Å². The van der Waals surface area contributed by atoms with Gasteiger partial charge in [0.25, 0.3) is 12.4 Å². The average molecular weight is 1220 g/mol. The van der Waals surface area contributed by atoms with Gasteiger partial charge in [0.1, 0.15) is 30.3 Å². The van der Waals surface area contributed by atoms with Gasteiger partial charge in [-0.25, -0.2) is 0 Å². The first-order valence-electron chi connectivity index (χ1n) is 32.2. The van der Waals surface area contributed by atoms with Crippen molar-refractivity contribution in [3.8, 4) is 0 Å². The highest BCUT2D eigenvalue weighted by molar-refractivity contribution is 6.37. The smallest absolute Gasteiger partial charge is 0.293 e. The Bertz CT molecular complexity index is 1940. The van der Waals surface area contributed by atoms with Crippen molar-refractivity contribution < 1.29 is 80.8 Å². The number of carbonyl (C=O) groups excluding carboxylic acids is 5. The lowest BCUT2D eigenvalue weighted by Crippen LogP contribution is -2.46. The molecule has 0 aromatic heterocycles. The number of carbonyl (C=O) groups is 5. The first kappa shape index (κ1) is 76.3. The summed E-state index contributed by atoms with van der Waals surface area (Å²) in [6.45, 7) is 20.0. The molecule has 2 aliphatic heterocycles. The fraction of sp³-hybridized carbons (Fsp3) is 0.803. The van der Waals surface area contributed by atoms with Crippen molar-refractivity contribution in [1.29, 1.82) is 0 Å². The lowest BCUT2D eigenvalue weighted by molar-refractivity contribution is -0.157. The quantitative estimate of drug-likeness (QED) is 0.0138. The number of amides is 1. The van der Waals surface area contributed by atoms with Crippen LogP contribution in [-0.4, -0.2) is 204 Å². The molecule has 8 unspecified atom stereocenters. The van der Waals surface area contributed by atoms with Gasteiger partial charge >= 0.3 is 0 Å². The van der Waals surface area contributed by atoms with Crippen LogP contribution >= 0.6 is 0 Å². The summed E-state index contributed by atoms with van der Waals surface area (Å²) in [5, 5.41) is 3.37. The summed E-state index contributed by atoms with van der Waals surface area (Å²) in [5.74, 6) is -0.277. The molecule has 0 N–H and O–H groups in total. The van der Waals surface area contributed by atoms with Gasteiger partial charge < -0.3 is 66.5 Å². The zero-order valence-electron chi connectivity index (χ0n) is 53.3. The molecule has 3 fully saturated rings. The van der Waals surface area contributed by atoms with E-state index in [0.717, 1.165) is 94.5 Å². The normalized spacial score (nSPS) is 21.0. The number of likely N-dealkylation sites (tertiary alicyclic amines) is 1. The minimum absolute atomic E-state index is 0.0104. The third kappa shape index (κ3) is 35.9. The first-order valence-corrected chi connectivity index (χ1v) is 32.2. The standard InChI is InChI=1S/C66H110N2O18/c1-52(15-9-7-10-16-54(3)64(75-6)49-60-17-13-18-63(86-60)65(72)66(73)68-27-11-8-12-28-68)48-56(5)62(71)50-61(67-74)55(4)47-53(2)19-23-59(85-51-70)26-22-57-20-24-58(25-21-57)84-46-45-83-44-43-82-42-41-81-40-39-80-38-37-79-36-35-78-34-33-77-32-31-76-30-14-29-69/h7,9-10,15-16,29,47,51-53,56-61,63-64H,8,11-14,17-28,30-46,48-50H2,1-6H3/b10-7+,15-9+,54-16+,55-47+. The fourth-order valence-electron chi connectivity index (χ4n) is 10.9. The molecule has 20 heteroatoms. The Labute approximate surface area is 514 Å². The molecule has 0 bridgehead atoms. The zero-order valence-corrected chi connectivity index (χ0v) is 53.3. The van der Waals surface area contributed by atoms with Crippen LogP contribution in [0.3, 0.4) is 0 Å². The summed E-state index contributed by atoms with van der Waals surface area (Å²) in [6, 6.07) is -0.730. The van der Waals surface area contributed by atoms with Crippen molar-refractivity contribution in [2.24, 2.45) is 28.8 Å². The first-order chi connectivity index (χ1) is 41.9. The second-order valence-electron chi connectivity index (χ2n) is 23.2. The molecule has 8 atom stereocenters. The Morgan fingerprint density at radius 2 is 1.20 bits per heavy atom. The number of hydrogen-bond acceptors (Lipinski definition) is 19. The topological polar surface area (TPSA) is 229 Å². The van der Waals surface area contributed by atoms with Crippen LogP contribution < -0.4 is 0 Å². The van der Waals surface area contributed by atoms with Gasteiger partial charge in [0.2, 0.25) is 5.78 Å². The van der Waals surface area contributed by atoms with Gasteiger partial charge in [0.05, 0.1) is 131 Å². The van der Waals surface area contributed by atoms with Gasteiger partial charge in [-0.2, -0.15) is 4.91 Å². The Balaban J connectivity index is 1.18. The van der Waals surface area contributed by atoms with Crippen molar-refractivity contribution in [2.75, 3.05) is 133 Å². The van der Waals surface area contributed by atoms with Gasteiger partial charge in [-0.3, -0.25) is 19.2 Å². The van der Waals surface area contributed by atoms with E-state index in [-0.39, 0.29) is 54.4 Å². The van der Waals surface area contributed by atoms with Gasteiger partial charge in [-0.1, -0.05) is 62.4 Å². The van der Waals surface area contributed by atoms with Gasteiger partial charge in [-0.05, 0) is 139 Å². The monoisotopic (exact) mass is 1220 g/mol. The predicted molar refractivity (Wildman–Crippen MR) is 329 cm³/mol. The second-order valence-corrected chi connectivity index (χ2v) is 23.2. The van der Waals surface area contributed by atoms with E-state index >= 15 is 0 Å². The molecular weight excluding hydrogens is 1110 g/mol. The molecule has 3 rings (SSSR count). The molecule has 1 saturated carbocycles. The maximum atomic E-state index is 13.4. The highest BCUT2D eigenvalue weighted by atomic mass is 16.6. The van der Waals surface area contributed by atoms with Crippen molar-refractivity contribution in [2.45, 2.75) is 187 Å². The van der Waals surface area contributed by atoms with E-state index in [1.165, 1.54) is 0 Å². The van der Waals surface area contributed by atoms with E-state index in [4.69, 9.17) is 56.8 Å². The largest absolute Gasteiger partial charge is 0.465 e. The average Bonchev–Trinajstić information content (AvgIpc) is 3.07. The van der Waals surface area contributed by atoms with Gasteiger partial charge in [0.15, 0.2) is 0 Å². The van der Waals surface area contributed by atoms with E-state index in [9.17, 15) is 28.9 Å². The van der Waals surface area contributed by atoms with Gasteiger partial charge in [0, 0.05) is 45.4 Å². The molecule has 492 valence electrons. The van der Waals surface area contributed by atoms with E-state index in [1.54, 1.807) is 12.0 Å². The predicted octanol–water partition coefficient (Wildman–Crippen LogP) is 9.71. The van der Waals surface area contributed by atoms with Crippen LogP contribution in [0.5, 0.6) is 0 Å². The summed E-state index contributed by atoms with van der Waals surface area (Å²) in [7, 11) is 1.67. The highest BCUT2D eigenvalue weighted by Gasteiger charge is 2.35. The summed E-state index contributed by atoms with van der Waals surface area (Å²) in [6.07, 6.45) is 26.1. The van der Waals surface area contributed by atoms with Crippen molar-refractivity contribution in [3.63, 3.8) is 0 Å². The summed E-state index contributed by atoms with van der Waals surface area (Å²) in [4.78, 5) is 74.7. The maximum Gasteiger partial charge on any atom is 0.293 e. The van der Waals surface area contributed by atoms with Crippen molar-refractivity contribution in [1.82, 2.24) is 4.90 Å². The lowest BCUT2D eigenvalue weighted by atomic mass is 9.83. The Morgan fingerprint density at radius 1 is 0.628 bits per heavy atom. The number of methoxy groups -OCH3 is 1. The number of hydrogen-bond donors (Lipinski definition) is 0. The number of Topliss-reactive ketones (excluding diaryl/α,β-unsaturated/α-hetero) is 2. The summed E-state index contributed by atoms with van der Waals surface area (Å²) >= 11 is 0. The summed E-state index contributed by atoms with van der Waals surface area (Å²) in [5.41, 5.74) is 1.80. The highest BCUT2D eigenvalue weighted by Crippen LogP contribution is 2.32. The van der Waals surface area contributed by atoms with E-state index in [0.29, 0.717) is 170 Å². The van der Waals surface area contributed by atoms with Crippen LogP contribution in [0.25, 0.3) is 0 Å². The minimum atomic E-state index is -0.730. The lowest BCUT2D eigenvalue weighted by Gasteiger charge is -2.33. The van der Waals surface area contributed by atoms with E-state index < -0.39 is 23.8 Å². The number of nitroso groups, excluding NO2 is 1. The number of allylic oxidation sites excluding steroid dienone is 6. The zero-order chi connectivity index (χ0) is 62.2. The van der Waals surface area contributed by atoms with Crippen molar-refractivity contribution >= 4 is 30.2 Å². The third-order valence-corrected chi connectivity index (χ3v) is 16.1. The molecule has 3 aliphatic rings. The molecule has 0 spiro atoms. The maximum absolute atomic E-state index is 13.4. The molecule has 2 saturated heterocycles.